The van der Waals surface area contributed by atoms with E-state index >= 15 is 0 Å². The topological polar surface area (TPSA) is 106 Å². The molecule has 0 saturated heterocycles. The molecule has 4 rings (SSSR count). The fourth-order valence-corrected chi connectivity index (χ4v) is 16.2. The highest BCUT2D eigenvalue weighted by Gasteiger charge is 2.66. The Hall–Kier alpha value is -0.240. The SMILES string of the molecule is CCCCCCCCCCCCCCCCC(CCCCCCCCCCCCCCCC)CCC[C@@H](C)[C@H]1CC[C@H]2C3C(OCCCN)CC4C[C@H](OCCCN)CC[C@]4(C)[C@H]3C[C@H](OCCCN)[C@]12C. The molecule has 11 atom stereocenters. The van der Waals surface area contributed by atoms with E-state index in [0.29, 0.717) is 73.0 Å². The fourth-order valence-electron chi connectivity index (χ4n) is 16.2. The first-order chi connectivity index (χ1) is 35.3. The largest absolute Gasteiger partial charge is 0.378 e. The van der Waals surface area contributed by atoms with E-state index in [-0.39, 0.29) is 5.41 Å². The van der Waals surface area contributed by atoms with Crippen LogP contribution in [-0.4, -0.2) is 57.8 Å². The molecule has 0 radical (unpaired) electrons. The van der Waals surface area contributed by atoms with Gasteiger partial charge in [-0.05, 0) is 131 Å². The lowest BCUT2D eigenvalue weighted by Gasteiger charge is -2.65. The van der Waals surface area contributed by atoms with Crippen LogP contribution in [0.3, 0.4) is 0 Å². The molecule has 3 unspecified atom stereocenters. The normalized spacial score (nSPS) is 28.6. The maximum Gasteiger partial charge on any atom is 0.0637 e. The van der Waals surface area contributed by atoms with Gasteiger partial charge in [0.2, 0.25) is 0 Å². The molecule has 0 aliphatic heterocycles. The van der Waals surface area contributed by atoms with Gasteiger partial charge in [0.05, 0.1) is 18.3 Å². The van der Waals surface area contributed by atoms with E-state index in [2.05, 4.69) is 34.6 Å². The van der Waals surface area contributed by atoms with Gasteiger partial charge >= 0.3 is 0 Å². The smallest absolute Gasteiger partial charge is 0.0637 e. The zero-order chi connectivity index (χ0) is 51.5. The summed E-state index contributed by atoms with van der Waals surface area (Å²) >= 11 is 0. The average molecular weight is 1010 g/mol. The number of ether oxygens (including phenoxy) is 3. The molecule has 0 bridgehead atoms. The summed E-state index contributed by atoms with van der Waals surface area (Å²) in [6.07, 6.45) is 60.4. The van der Waals surface area contributed by atoms with E-state index in [1.54, 1.807) is 0 Å². The third-order valence-corrected chi connectivity index (χ3v) is 20.7. The molecule has 6 N–H and O–H groups in total. The Bertz CT molecular complexity index is 1240. The number of fused-ring (bicyclic) bond motifs is 5. The lowest BCUT2D eigenvalue weighted by molar-refractivity contribution is -0.227. The average Bonchev–Trinajstić information content (AvgIpc) is 3.74. The molecule has 72 heavy (non-hydrogen) atoms. The van der Waals surface area contributed by atoms with Gasteiger partial charge in [-0.25, -0.2) is 0 Å². The van der Waals surface area contributed by atoms with Gasteiger partial charge in [-0.1, -0.05) is 247 Å². The van der Waals surface area contributed by atoms with Crippen LogP contribution in [-0.2, 0) is 14.2 Å². The predicted octanol–water partition coefficient (Wildman–Crippen LogP) is 18.2. The Morgan fingerprint density at radius 2 is 0.889 bits per heavy atom. The van der Waals surface area contributed by atoms with Crippen LogP contribution in [0.4, 0.5) is 0 Å². The van der Waals surface area contributed by atoms with Crippen molar-refractivity contribution in [2.24, 2.45) is 69.5 Å². The van der Waals surface area contributed by atoms with Gasteiger partial charge < -0.3 is 31.4 Å². The molecule has 4 aliphatic rings. The Kier molecular flexibility index (Phi) is 35.0. The van der Waals surface area contributed by atoms with Crippen LogP contribution in [0.5, 0.6) is 0 Å². The van der Waals surface area contributed by atoms with Crippen molar-refractivity contribution < 1.29 is 14.2 Å². The third-order valence-electron chi connectivity index (χ3n) is 20.7. The van der Waals surface area contributed by atoms with E-state index in [9.17, 15) is 0 Å². The van der Waals surface area contributed by atoms with Gasteiger partial charge in [0.15, 0.2) is 0 Å². The molecular formula is C66H129N3O3. The molecule has 6 nitrogen and oxygen atoms in total. The zero-order valence-electron chi connectivity index (χ0n) is 49.4. The van der Waals surface area contributed by atoms with Crippen molar-refractivity contribution >= 4 is 0 Å². The first kappa shape index (κ1) is 64.3. The third kappa shape index (κ3) is 22.2. The summed E-state index contributed by atoms with van der Waals surface area (Å²) in [6.45, 7) is 17.2. The molecule has 0 amide bonds. The van der Waals surface area contributed by atoms with Crippen LogP contribution in [0.2, 0.25) is 0 Å². The molecule has 0 spiro atoms. The summed E-state index contributed by atoms with van der Waals surface area (Å²) < 4.78 is 20.8. The quantitative estimate of drug-likeness (QED) is 0.0525. The first-order valence-electron chi connectivity index (χ1n) is 33.2. The molecule has 4 aliphatic carbocycles. The van der Waals surface area contributed by atoms with Gasteiger partial charge in [-0.2, -0.15) is 0 Å². The molecule has 0 aromatic carbocycles. The van der Waals surface area contributed by atoms with Crippen molar-refractivity contribution in [2.75, 3.05) is 39.5 Å². The monoisotopic (exact) mass is 1010 g/mol. The maximum absolute atomic E-state index is 7.22. The fraction of sp³-hybridized carbons (Fsp3) is 1.00. The van der Waals surface area contributed by atoms with Crippen LogP contribution in [0.1, 0.15) is 311 Å². The number of rotatable bonds is 47. The summed E-state index contributed by atoms with van der Waals surface area (Å²) in [5.74, 6) is 4.88. The molecule has 0 heterocycles. The minimum Gasteiger partial charge on any atom is -0.378 e. The number of unbranched alkanes of at least 4 members (excludes halogenated alkanes) is 26. The number of hydrogen-bond acceptors (Lipinski definition) is 6. The lowest BCUT2D eigenvalue weighted by Crippen LogP contribution is -2.63. The van der Waals surface area contributed by atoms with E-state index in [0.717, 1.165) is 50.9 Å². The van der Waals surface area contributed by atoms with Gasteiger partial charge in [-0.15, -0.1) is 0 Å². The van der Waals surface area contributed by atoms with Gasteiger partial charge in [0.25, 0.3) is 0 Å². The van der Waals surface area contributed by atoms with Crippen molar-refractivity contribution in [2.45, 2.75) is 329 Å². The Labute approximate surface area is 450 Å². The summed E-state index contributed by atoms with van der Waals surface area (Å²) in [6, 6.07) is 0. The predicted molar refractivity (Wildman–Crippen MR) is 313 cm³/mol. The Balaban J connectivity index is 1.32. The second-order valence-electron chi connectivity index (χ2n) is 26.0. The van der Waals surface area contributed by atoms with Crippen LogP contribution in [0.25, 0.3) is 0 Å². The van der Waals surface area contributed by atoms with E-state index < -0.39 is 0 Å². The van der Waals surface area contributed by atoms with Crippen LogP contribution in [0, 0.1) is 52.3 Å². The molecule has 4 saturated carbocycles. The van der Waals surface area contributed by atoms with E-state index in [1.807, 2.05) is 0 Å². The van der Waals surface area contributed by atoms with Crippen molar-refractivity contribution in [1.82, 2.24) is 0 Å². The minimum atomic E-state index is 0.179. The zero-order valence-corrected chi connectivity index (χ0v) is 49.4. The second-order valence-corrected chi connectivity index (χ2v) is 26.0. The highest BCUT2D eigenvalue weighted by Crippen LogP contribution is 2.69. The van der Waals surface area contributed by atoms with Crippen molar-refractivity contribution in [3.63, 3.8) is 0 Å². The van der Waals surface area contributed by atoms with Gasteiger partial charge in [0, 0.05) is 25.2 Å². The molecule has 426 valence electrons. The van der Waals surface area contributed by atoms with Crippen molar-refractivity contribution in [3.05, 3.63) is 0 Å². The van der Waals surface area contributed by atoms with Crippen LogP contribution < -0.4 is 17.2 Å². The number of hydrogen-bond donors (Lipinski definition) is 3. The van der Waals surface area contributed by atoms with Crippen molar-refractivity contribution in [3.8, 4) is 0 Å². The lowest BCUT2D eigenvalue weighted by atomic mass is 9.43. The second kappa shape index (κ2) is 39.2. The highest BCUT2D eigenvalue weighted by atomic mass is 16.5. The highest BCUT2D eigenvalue weighted by molar-refractivity contribution is 5.15. The maximum atomic E-state index is 7.22. The molecule has 0 aromatic rings. The molecule has 4 fully saturated rings. The number of nitrogens with two attached hydrogens (primary N) is 3. The van der Waals surface area contributed by atoms with Gasteiger partial charge in [0.1, 0.15) is 0 Å². The Morgan fingerprint density at radius 3 is 1.38 bits per heavy atom. The standard InChI is InChI=1S/C66H129N3O3/c1-6-8-10-12-14-16-18-20-22-24-26-28-30-32-39-56(40-33-31-29-27-25-23-21-19-17-15-13-11-9-7-2)41-34-38-55(3)59-42-43-60-64-61(54-63(66(59,60)5)72-51-37-48-69)65(4)45-44-58(70-49-35-46-67)52-57(65)53-62(64)71-50-36-47-68/h55-64H,6-54,67-69H2,1-5H3/t55-,57?,58-,59-,60+,61+,62?,63+,64?,65+,66-/m1/s1. The summed E-state index contributed by atoms with van der Waals surface area (Å²) in [4.78, 5) is 0. The van der Waals surface area contributed by atoms with Gasteiger partial charge in [-0.3, -0.25) is 0 Å². The Morgan fingerprint density at radius 1 is 0.444 bits per heavy atom. The summed E-state index contributed by atoms with van der Waals surface area (Å²) in [5.41, 5.74) is 18.6. The molecular weight excluding hydrogens is 883 g/mol. The first-order valence-corrected chi connectivity index (χ1v) is 33.2. The van der Waals surface area contributed by atoms with E-state index in [1.165, 1.54) is 257 Å². The summed E-state index contributed by atoms with van der Waals surface area (Å²) in [7, 11) is 0. The molecule has 6 heteroatoms. The van der Waals surface area contributed by atoms with E-state index in [4.69, 9.17) is 31.4 Å². The minimum absolute atomic E-state index is 0.179. The van der Waals surface area contributed by atoms with Crippen molar-refractivity contribution in [1.29, 1.82) is 0 Å². The van der Waals surface area contributed by atoms with Crippen LogP contribution in [0.15, 0.2) is 0 Å². The summed E-state index contributed by atoms with van der Waals surface area (Å²) in [5, 5.41) is 0. The molecule has 0 aromatic heterocycles. The van der Waals surface area contributed by atoms with Crippen LogP contribution >= 0.6 is 0 Å².